The highest BCUT2D eigenvalue weighted by Crippen LogP contribution is 2.49. The van der Waals surface area contributed by atoms with Gasteiger partial charge < -0.3 is 10.0 Å². The first kappa shape index (κ1) is 16.3. The van der Waals surface area contributed by atoms with Crippen LogP contribution < -0.4 is 0 Å². The van der Waals surface area contributed by atoms with Crippen LogP contribution in [0.25, 0.3) is 0 Å². The molecule has 1 aromatic rings. The Balaban J connectivity index is 1.55. The quantitative estimate of drug-likeness (QED) is 0.923. The molecule has 0 aliphatic heterocycles. The maximum atomic E-state index is 12.6. The predicted octanol–water partition coefficient (Wildman–Crippen LogP) is 3.04. The molecule has 2 atom stereocenters. The zero-order valence-corrected chi connectivity index (χ0v) is 12.9. The van der Waals surface area contributed by atoms with Crippen LogP contribution in [-0.2, 0) is 11.0 Å². The van der Waals surface area contributed by atoms with Crippen molar-refractivity contribution in [2.75, 3.05) is 13.6 Å². The van der Waals surface area contributed by atoms with Crippen LogP contribution in [0.2, 0.25) is 0 Å². The first-order valence-electron chi connectivity index (χ1n) is 7.86. The molecule has 2 fully saturated rings. The van der Waals surface area contributed by atoms with Crippen molar-refractivity contribution >= 4 is 5.91 Å². The van der Waals surface area contributed by atoms with Gasteiger partial charge in [0.05, 0.1) is 11.7 Å². The van der Waals surface area contributed by atoms with E-state index in [0.29, 0.717) is 18.9 Å². The molecule has 3 rings (SSSR count). The maximum Gasteiger partial charge on any atom is 0.416 e. The van der Waals surface area contributed by atoms with Crippen molar-refractivity contribution in [1.82, 2.24) is 4.90 Å². The summed E-state index contributed by atoms with van der Waals surface area (Å²) in [6.45, 7) is 0.645. The van der Waals surface area contributed by atoms with E-state index < -0.39 is 11.7 Å². The van der Waals surface area contributed by atoms with Crippen LogP contribution in [0.5, 0.6) is 0 Å². The van der Waals surface area contributed by atoms with Gasteiger partial charge in [-0.2, -0.15) is 13.2 Å². The van der Waals surface area contributed by atoms with Crippen LogP contribution >= 0.6 is 0 Å². The van der Waals surface area contributed by atoms with Gasteiger partial charge in [0.1, 0.15) is 0 Å². The molecule has 126 valence electrons. The zero-order chi connectivity index (χ0) is 16.8. The molecule has 0 aromatic heterocycles. The number of halogens is 3. The average molecular weight is 327 g/mol. The number of aliphatic hydroxyl groups excluding tert-OH is 1. The van der Waals surface area contributed by atoms with Crippen molar-refractivity contribution in [2.45, 2.75) is 37.5 Å². The van der Waals surface area contributed by atoms with E-state index in [-0.39, 0.29) is 23.8 Å². The second-order valence-electron chi connectivity index (χ2n) is 6.78. The van der Waals surface area contributed by atoms with E-state index >= 15 is 0 Å². The number of carbonyl (C=O) groups is 1. The first-order chi connectivity index (χ1) is 10.8. The minimum atomic E-state index is -4.33. The monoisotopic (exact) mass is 327 g/mol. The minimum Gasteiger partial charge on any atom is -0.393 e. The molecule has 23 heavy (non-hydrogen) atoms. The summed E-state index contributed by atoms with van der Waals surface area (Å²) in [5.74, 6) is 0.319. The number of nitrogens with zero attached hydrogens (tertiary/aromatic N) is 1. The Bertz CT molecular complexity index is 578. The lowest BCUT2D eigenvalue weighted by Crippen LogP contribution is -2.40. The highest BCUT2D eigenvalue weighted by Gasteiger charge is 2.46. The average Bonchev–Trinajstić information content (AvgIpc) is 3.24. The summed E-state index contributed by atoms with van der Waals surface area (Å²) in [6.07, 6.45) is -2.38. The SMILES string of the molecule is CN(CC1CC(O)C1)C(=O)[C@H]1C[C@@H]1c1ccc(C(F)(F)F)cc1. The van der Waals surface area contributed by atoms with E-state index in [9.17, 15) is 23.1 Å². The molecular weight excluding hydrogens is 307 g/mol. The molecule has 1 N–H and O–H groups in total. The molecule has 2 aliphatic carbocycles. The van der Waals surface area contributed by atoms with Gasteiger partial charge in [-0.25, -0.2) is 0 Å². The Morgan fingerprint density at radius 1 is 1.22 bits per heavy atom. The Labute approximate surface area is 133 Å². The maximum absolute atomic E-state index is 12.6. The van der Waals surface area contributed by atoms with Crippen LogP contribution in [0.3, 0.4) is 0 Å². The molecule has 0 saturated heterocycles. The van der Waals surface area contributed by atoms with Crippen LogP contribution in [0.4, 0.5) is 13.2 Å². The first-order valence-corrected chi connectivity index (χ1v) is 7.86. The van der Waals surface area contributed by atoms with Gasteiger partial charge >= 0.3 is 6.18 Å². The van der Waals surface area contributed by atoms with Gasteiger partial charge in [0.2, 0.25) is 5.91 Å². The largest absolute Gasteiger partial charge is 0.416 e. The molecule has 2 saturated carbocycles. The van der Waals surface area contributed by atoms with E-state index in [0.717, 1.165) is 30.5 Å². The molecule has 2 aliphatic rings. The molecule has 0 spiro atoms. The molecule has 3 nitrogen and oxygen atoms in total. The fourth-order valence-electron chi connectivity index (χ4n) is 3.37. The van der Waals surface area contributed by atoms with Crippen LogP contribution in [0.15, 0.2) is 24.3 Å². The van der Waals surface area contributed by atoms with Crippen molar-refractivity contribution in [2.24, 2.45) is 11.8 Å². The fourth-order valence-corrected chi connectivity index (χ4v) is 3.37. The van der Waals surface area contributed by atoms with E-state index in [2.05, 4.69) is 0 Å². The summed E-state index contributed by atoms with van der Waals surface area (Å²) >= 11 is 0. The Morgan fingerprint density at radius 3 is 2.35 bits per heavy atom. The van der Waals surface area contributed by atoms with Gasteiger partial charge in [-0.05, 0) is 48.8 Å². The standard InChI is InChI=1S/C17H20F3NO2/c1-21(9-10-6-13(22)7-10)16(23)15-8-14(15)11-2-4-12(5-3-11)17(18,19)20/h2-5,10,13-15,22H,6-9H2,1H3/t10?,13?,14-,15+/m1/s1. The van der Waals surface area contributed by atoms with Gasteiger partial charge in [0.15, 0.2) is 0 Å². The van der Waals surface area contributed by atoms with Crippen molar-refractivity contribution in [3.8, 4) is 0 Å². The summed E-state index contributed by atoms with van der Waals surface area (Å²) in [4.78, 5) is 14.1. The van der Waals surface area contributed by atoms with Gasteiger partial charge in [-0.3, -0.25) is 4.79 Å². The Hall–Kier alpha value is -1.56. The number of benzene rings is 1. The predicted molar refractivity (Wildman–Crippen MR) is 78.7 cm³/mol. The summed E-state index contributed by atoms with van der Waals surface area (Å²) in [5.41, 5.74) is 0.134. The van der Waals surface area contributed by atoms with Crippen LogP contribution in [0.1, 0.15) is 36.3 Å². The topological polar surface area (TPSA) is 40.5 Å². The van der Waals surface area contributed by atoms with E-state index in [4.69, 9.17) is 0 Å². The molecule has 1 aromatic carbocycles. The lowest BCUT2D eigenvalue weighted by atomic mass is 9.82. The van der Waals surface area contributed by atoms with Crippen molar-refractivity contribution in [1.29, 1.82) is 0 Å². The summed E-state index contributed by atoms with van der Waals surface area (Å²) in [7, 11) is 1.76. The van der Waals surface area contributed by atoms with Crippen molar-refractivity contribution in [3.63, 3.8) is 0 Å². The van der Waals surface area contributed by atoms with Crippen LogP contribution in [-0.4, -0.2) is 35.6 Å². The second-order valence-corrected chi connectivity index (χ2v) is 6.78. The second kappa shape index (κ2) is 5.82. The summed E-state index contributed by atoms with van der Waals surface area (Å²) < 4.78 is 37.7. The van der Waals surface area contributed by atoms with E-state index in [1.807, 2.05) is 0 Å². The number of amides is 1. The van der Waals surface area contributed by atoms with E-state index in [1.165, 1.54) is 12.1 Å². The number of rotatable bonds is 4. The lowest BCUT2D eigenvalue weighted by molar-refractivity contribution is -0.137. The highest BCUT2D eigenvalue weighted by atomic mass is 19.4. The molecule has 0 unspecified atom stereocenters. The van der Waals surface area contributed by atoms with Gasteiger partial charge in [-0.15, -0.1) is 0 Å². The Morgan fingerprint density at radius 2 is 1.83 bits per heavy atom. The number of aliphatic hydroxyl groups is 1. The molecule has 0 radical (unpaired) electrons. The number of hydrogen-bond donors (Lipinski definition) is 1. The van der Waals surface area contributed by atoms with Gasteiger partial charge in [0.25, 0.3) is 0 Å². The van der Waals surface area contributed by atoms with Crippen LogP contribution in [0, 0.1) is 11.8 Å². The van der Waals surface area contributed by atoms with Crippen molar-refractivity contribution < 1.29 is 23.1 Å². The fraction of sp³-hybridized carbons (Fsp3) is 0.588. The van der Waals surface area contributed by atoms with Gasteiger partial charge in [0, 0.05) is 19.5 Å². The Kier molecular flexibility index (Phi) is 4.12. The third-order valence-corrected chi connectivity index (χ3v) is 4.89. The molecular formula is C17H20F3NO2. The zero-order valence-electron chi connectivity index (χ0n) is 12.9. The number of hydrogen-bond acceptors (Lipinski definition) is 2. The third kappa shape index (κ3) is 3.52. The highest BCUT2D eigenvalue weighted by molar-refractivity contribution is 5.82. The smallest absolute Gasteiger partial charge is 0.393 e. The third-order valence-electron chi connectivity index (χ3n) is 4.89. The van der Waals surface area contributed by atoms with E-state index in [1.54, 1.807) is 11.9 Å². The molecule has 0 heterocycles. The molecule has 1 amide bonds. The molecule has 0 bridgehead atoms. The lowest BCUT2D eigenvalue weighted by Gasteiger charge is -2.34. The normalized spacial score (nSPS) is 29.8. The van der Waals surface area contributed by atoms with Gasteiger partial charge in [-0.1, -0.05) is 12.1 Å². The molecule has 6 heteroatoms. The number of alkyl halides is 3. The number of carbonyl (C=O) groups excluding carboxylic acids is 1. The summed E-state index contributed by atoms with van der Waals surface area (Å²) in [5, 5.41) is 9.28. The minimum absolute atomic E-state index is 0.0271. The summed E-state index contributed by atoms with van der Waals surface area (Å²) in [6, 6.07) is 5.11. The van der Waals surface area contributed by atoms with Crippen molar-refractivity contribution in [3.05, 3.63) is 35.4 Å².